The number of alkyl halides is 3. The number of nitrogens with zero attached hydrogens (tertiary/aromatic N) is 4. The van der Waals surface area contributed by atoms with Crippen LogP contribution in [0.1, 0.15) is 18.4 Å². The van der Waals surface area contributed by atoms with E-state index in [1.807, 2.05) is 33.7 Å². The van der Waals surface area contributed by atoms with Crippen LogP contribution < -0.4 is 15.0 Å². The third-order valence-electron chi connectivity index (χ3n) is 5.14. The second-order valence-corrected chi connectivity index (χ2v) is 7.12. The zero-order valence-corrected chi connectivity index (χ0v) is 16.2. The van der Waals surface area contributed by atoms with Crippen molar-refractivity contribution < 1.29 is 22.7 Å². The van der Waals surface area contributed by atoms with E-state index in [4.69, 9.17) is 4.74 Å². The van der Waals surface area contributed by atoms with E-state index in [0.717, 1.165) is 19.0 Å². The smallest absolute Gasteiger partial charge is 0.420 e. The van der Waals surface area contributed by atoms with Gasteiger partial charge in [0.05, 0.1) is 18.6 Å². The molecule has 0 aliphatic carbocycles. The summed E-state index contributed by atoms with van der Waals surface area (Å²) >= 11 is 0. The van der Waals surface area contributed by atoms with Crippen molar-refractivity contribution in [2.24, 2.45) is 5.92 Å². The van der Waals surface area contributed by atoms with Gasteiger partial charge in [0.1, 0.15) is 5.75 Å². The summed E-state index contributed by atoms with van der Waals surface area (Å²) in [7, 11) is 1.17. The van der Waals surface area contributed by atoms with Crippen molar-refractivity contribution in [1.29, 1.82) is 0 Å². The first-order valence-corrected chi connectivity index (χ1v) is 9.47. The van der Waals surface area contributed by atoms with E-state index in [9.17, 15) is 18.0 Å². The van der Waals surface area contributed by atoms with Crippen molar-refractivity contribution in [3.63, 3.8) is 0 Å². The first-order chi connectivity index (χ1) is 14.4. The molecule has 0 bridgehead atoms. The quantitative estimate of drug-likeness (QED) is 0.700. The molecule has 1 amide bonds. The number of rotatable bonds is 4. The number of pyridine rings is 1. The van der Waals surface area contributed by atoms with Gasteiger partial charge in [0.15, 0.2) is 5.65 Å². The molecular formula is C20H20F3N5O2. The van der Waals surface area contributed by atoms with E-state index >= 15 is 0 Å². The number of hydrogen-bond donors (Lipinski definition) is 1. The van der Waals surface area contributed by atoms with E-state index in [1.165, 1.54) is 19.2 Å². The van der Waals surface area contributed by atoms with Crippen molar-refractivity contribution >= 4 is 23.2 Å². The number of piperidine rings is 1. The Morgan fingerprint density at radius 2 is 2.07 bits per heavy atom. The number of carbonyl (C=O) groups is 1. The molecule has 1 aliphatic rings. The van der Waals surface area contributed by atoms with Crippen LogP contribution in [-0.4, -0.2) is 40.7 Å². The van der Waals surface area contributed by atoms with Crippen LogP contribution in [0.15, 0.2) is 42.6 Å². The normalized spacial score (nSPS) is 17.2. The molecule has 1 unspecified atom stereocenters. The third kappa shape index (κ3) is 3.89. The summed E-state index contributed by atoms with van der Waals surface area (Å²) < 4.78 is 46.3. The SMILES string of the molecule is COc1ccc(NC(=O)C2CCCN(c3nnc4ccccn34)C2)cc1C(F)(F)F. The van der Waals surface area contributed by atoms with Crippen molar-refractivity contribution in [1.82, 2.24) is 14.6 Å². The van der Waals surface area contributed by atoms with Gasteiger partial charge in [0, 0.05) is 25.0 Å². The highest BCUT2D eigenvalue weighted by molar-refractivity contribution is 5.93. The molecule has 1 aliphatic heterocycles. The van der Waals surface area contributed by atoms with Crippen LogP contribution in [0.2, 0.25) is 0 Å². The summed E-state index contributed by atoms with van der Waals surface area (Å²) in [6, 6.07) is 9.07. The lowest BCUT2D eigenvalue weighted by molar-refractivity contribution is -0.138. The van der Waals surface area contributed by atoms with Crippen LogP contribution in [0.5, 0.6) is 5.75 Å². The van der Waals surface area contributed by atoms with Crippen molar-refractivity contribution in [3.05, 3.63) is 48.2 Å². The van der Waals surface area contributed by atoms with Gasteiger partial charge >= 0.3 is 6.18 Å². The van der Waals surface area contributed by atoms with E-state index in [2.05, 4.69) is 15.5 Å². The summed E-state index contributed by atoms with van der Waals surface area (Å²) in [6.07, 6.45) is -1.33. The Balaban J connectivity index is 1.50. The Morgan fingerprint density at radius 1 is 1.23 bits per heavy atom. The zero-order chi connectivity index (χ0) is 21.3. The third-order valence-corrected chi connectivity index (χ3v) is 5.14. The number of ether oxygens (including phenoxy) is 1. The largest absolute Gasteiger partial charge is 0.496 e. The minimum absolute atomic E-state index is 0.0816. The molecule has 3 aromatic rings. The topological polar surface area (TPSA) is 71.8 Å². The molecular weight excluding hydrogens is 399 g/mol. The summed E-state index contributed by atoms with van der Waals surface area (Å²) in [5.74, 6) is -0.354. The molecule has 0 radical (unpaired) electrons. The fraction of sp³-hybridized carbons (Fsp3) is 0.350. The van der Waals surface area contributed by atoms with Crippen LogP contribution in [0, 0.1) is 5.92 Å². The van der Waals surface area contributed by atoms with Crippen molar-refractivity contribution in [3.8, 4) is 5.75 Å². The minimum atomic E-state index is -4.58. The number of anilines is 2. The summed E-state index contributed by atoms with van der Waals surface area (Å²) in [4.78, 5) is 14.7. The summed E-state index contributed by atoms with van der Waals surface area (Å²) in [5.41, 5.74) is -0.141. The predicted octanol–water partition coefficient (Wildman–Crippen LogP) is 3.61. The van der Waals surface area contributed by atoms with E-state index < -0.39 is 11.7 Å². The molecule has 1 saturated heterocycles. The number of amides is 1. The van der Waals surface area contributed by atoms with Crippen LogP contribution >= 0.6 is 0 Å². The lowest BCUT2D eigenvalue weighted by Gasteiger charge is -2.32. The number of benzene rings is 1. The second-order valence-electron chi connectivity index (χ2n) is 7.12. The van der Waals surface area contributed by atoms with Crippen LogP contribution in [0.25, 0.3) is 5.65 Å². The molecule has 4 rings (SSSR count). The molecule has 1 fully saturated rings. The molecule has 0 saturated carbocycles. The van der Waals surface area contributed by atoms with Crippen LogP contribution in [0.3, 0.4) is 0 Å². The van der Waals surface area contributed by atoms with Gasteiger partial charge in [-0.3, -0.25) is 9.20 Å². The van der Waals surface area contributed by atoms with E-state index in [0.29, 0.717) is 24.6 Å². The zero-order valence-electron chi connectivity index (χ0n) is 16.2. The average molecular weight is 419 g/mol. The number of methoxy groups -OCH3 is 1. The van der Waals surface area contributed by atoms with Crippen molar-refractivity contribution in [2.75, 3.05) is 30.4 Å². The van der Waals surface area contributed by atoms with Gasteiger partial charge in [-0.1, -0.05) is 6.07 Å². The summed E-state index contributed by atoms with van der Waals surface area (Å²) in [6.45, 7) is 1.13. The van der Waals surface area contributed by atoms with Crippen LogP contribution in [0.4, 0.5) is 24.8 Å². The Labute approximate surface area is 170 Å². The standard InChI is InChI=1S/C20H20F3N5O2/c1-30-16-8-7-14(11-15(16)20(21,22)23)24-18(29)13-5-4-9-27(12-13)19-26-25-17-6-2-3-10-28(17)19/h2-3,6-8,10-11,13H,4-5,9,12H2,1H3,(H,24,29). The molecule has 1 N–H and O–H groups in total. The predicted molar refractivity (Wildman–Crippen MR) is 105 cm³/mol. The maximum Gasteiger partial charge on any atom is 0.420 e. The maximum absolute atomic E-state index is 13.2. The van der Waals surface area contributed by atoms with Crippen molar-refractivity contribution in [2.45, 2.75) is 19.0 Å². The Hall–Kier alpha value is -3.30. The molecule has 1 aromatic carbocycles. The van der Waals surface area contributed by atoms with Gasteiger partial charge < -0.3 is 15.0 Å². The van der Waals surface area contributed by atoms with E-state index in [-0.39, 0.29) is 23.3 Å². The molecule has 158 valence electrons. The lowest BCUT2D eigenvalue weighted by atomic mass is 9.97. The summed E-state index contributed by atoms with van der Waals surface area (Å²) in [5, 5.41) is 11.0. The number of aromatic nitrogens is 3. The highest BCUT2D eigenvalue weighted by Gasteiger charge is 2.35. The van der Waals surface area contributed by atoms with Gasteiger partial charge in [-0.2, -0.15) is 13.2 Å². The molecule has 10 heteroatoms. The Morgan fingerprint density at radius 3 is 2.83 bits per heavy atom. The first-order valence-electron chi connectivity index (χ1n) is 9.47. The first kappa shape index (κ1) is 20.0. The Kier molecular flexibility index (Phi) is 5.23. The highest BCUT2D eigenvalue weighted by Crippen LogP contribution is 2.38. The molecule has 30 heavy (non-hydrogen) atoms. The van der Waals surface area contributed by atoms with Gasteiger partial charge in [-0.05, 0) is 43.2 Å². The van der Waals surface area contributed by atoms with E-state index in [1.54, 1.807) is 0 Å². The minimum Gasteiger partial charge on any atom is -0.496 e. The Bertz CT molecular complexity index is 1070. The fourth-order valence-electron chi connectivity index (χ4n) is 3.67. The lowest BCUT2D eigenvalue weighted by Crippen LogP contribution is -2.41. The number of fused-ring (bicyclic) bond motifs is 1. The second kappa shape index (κ2) is 7.85. The van der Waals surface area contributed by atoms with Gasteiger partial charge in [0.2, 0.25) is 11.9 Å². The average Bonchev–Trinajstić information content (AvgIpc) is 3.17. The molecule has 1 atom stereocenters. The number of hydrogen-bond acceptors (Lipinski definition) is 5. The molecule has 2 aromatic heterocycles. The van der Waals surface area contributed by atoms with Gasteiger partial charge in [-0.25, -0.2) is 0 Å². The van der Waals surface area contributed by atoms with Gasteiger partial charge in [0.25, 0.3) is 0 Å². The fourth-order valence-corrected chi connectivity index (χ4v) is 3.67. The molecule has 3 heterocycles. The number of halogens is 3. The van der Waals surface area contributed by atoms with Gasteiger partial charge in [-0.15, -0.1) is 10.2 Å². The number of nitrogens with one attached hydrogen (secondary N) is 1. The molecule has 0 spiro atoms. The maximum atomic E-state index is 13.2. The highest BCUT2D eigenvalue weighted by atomic mass is 19.4. The van der Waals surface area contributed by atoms with Crippen LogP contribution in [-0.2, 0) is 11.0 Å². The number of carbonyl (C=O) groups excluding carboxylic acids is 1. The molecule has 7 nitrogen and oxygen atoms in total. The monoisotopic (exact) mass is 419 g/mol.